The topological polar surface area (TPSA) is 75.6 Å². The first-order chi connectivity index (χ1) is 11.5. The lowest BCUT2D eigenvalue weighted by Gasteiger charge is -2.10. The Labute approximate surface area is 144 Å². The molecule has 0 atom stereocenters. The maximum Gasteiger partial charge on any atom is 0.354 e. The number of hydrogen-bond acceptors (Lipinski definition) is 5. The van der Waals surface area contributed by atoms with E-state index in [9.17, 15) is 14.7 Å². The van der Waals surface area contributed by atoms with Crippen molar-refractivity contribution in [2.75, 3.05) is 11.9 Å². The van der Waals surface area contributed by atoms with Gasteiger partial charge in [0.2, 0.25) is 0 Å². The Bertz CT molecular complexity index is 769. The number of allylic oxidation sites excluding steroid dienone is 1. The third-order valence-corrected chi connectivity index (χ3v) is 3.28. The van der Waals surface area contributed by atoms with Crippen LogP contribution in [0.15, 0.2) is 60.3 Å². The second kappa shape index (κ2) is 8.17. The van der Waals surface area contributed by atoms with Crippen molar-refractivity contribution in [2.45, 2.75) is 6.92 Å². The van der Waals surface area contributed by atoms with E-state index in [2.05, 4.69) is 5.32 Å². The molecule has 0 radical (unpaired) electrons. The van der Waals surface area contributed by atoms with Crippen molar-refractivity contribution in [3.8, 4) is 5.75 Å². The van der Waals surface area contributed by atoms with Crippen LogP contribution in [0.25, 0.3) is 0 Å². The van der Waals surface area contributed by atoms with Crippen LogP contribution >= 0.6 is 11.6 Å². The van der Waals surface area contributed by atoms with Crippen molar-refractivity contribution < 1.29 is 19.4 Å². The molecule has 0 bridgehead atoms. The monoisotopic (exact) mass is 345 g/mol. The zero-order valence-electron chi connectivity index (χ0n) is 13.0. The summed E-state index contributed by atoms with van der Waals surface area (Å²) in [6, 6.07) is 12.5. The number of halogens is 1. The average Bonchev–Trinajstić information content (AvgIpc) is 2.55. The summed E-state index contributed by atoms with van der Waals surface area (Å²) in [5, 5.41) is 12.8. The molecule has 5 nitrogen and oxygen atoms in total. The Kier molecular flexibility index (Phi) is 5.98. The van der Waals surface area contributed by atoms with Gasteiger partial charge in [0.25, 0.3) is 0 Å². The van der Waals surface area contributed by atoms with Crippen molar-refractivity contribution >= 4 is 29.0 Å². The lowest BCUT2D eigenvalue weighted by molar-refractivity contribution is -0.138. The lowest BCUT2D eigenvalue weighted by Crippen LogP contribution is -2.16. The molecular weight excluding hydrogens is 330 g/mol. The number of ketones is 1. The highest BCUT2D eigenvalue weighted by Crippen LogP contribution is 2.18. The second-order valence-corrected chi connectivity index (χ2v) is 5.26. The number of anilines is 1. The Hall–Kier alpha value is -2.79. The second-order valence-electron chi connectivity index (χ2n) is 4.82. The number of esters is 1. The van der Waals surface area contributed by atoms with E-state index in [0.29, 0.717) is 16.3 Å². The minimum atomic E-state index is -0.664. The fourth-order valence-electron chi connectivity index (χ4n) is 1.92. The van der Waals surface area contributed by atoms with Crippen molar-refractivity contribution in [3.63, 3.8) is 0 Å². The van der Waals surface area contributed by atoms with Gasteiger partial charge in [-0.2, -0.15) is 0 Å². The van der Waals surface area contributed by atoms with Gasteiger partial charge in [0.05, 0.1) is 6.61 Å². The summed E-state index contributed by atoms with van der Waals surface area (Å²) in [6.45, 7) is 1.85. The van der Waals surface area contributed by atoms with Crippen LogP contribution in [0.1, 0.15) is 17.3 Å². The number of hydrogen-bond donors (Lipinski definition) is 2. The molecule has 0 fully saturated rings. The molecule has 2 rings (SSSR count). The van der Waals surface area contributed by atoms with Gasteiger partial charge in [-0.25, -0.2) is 4.79 Å². The van der Waals surface area contributed by atoms with Gasteiger partial charge in [-0.05, 0) is 43.3 Å². The van der Waals surface area contributed by atoms with Gasteiger partial charge in [-0.1, -0.05) is 17.7 Å². The Morgan fingerprint density at radius 1 is 1.21 bits per heavy atom. The molecule has 0 aromatic heterocycles. The van der Waals surface area contributed by atoms with E-state index in [4.69, 9.17) is 16.3 Å². The molecule has 0 unspecified atom stereocenters. The number of carbonyl (C=O) groups excluding carboxylic acids is 2. The SMILES string of the molecule is CCOC(=O)/C(=C\C(=O)c1ccc(Cl)cc1)Nc1cccc(O)c1. The normalized spacial score (nSPS) is 11.0. The molecule has 0 spiro atoms. The van der Waals surface area contributed by atoms with Crippen LogP contribution < -0.4 is 5.32 Å². The average molecular weight is 346 g/mol. The molecular formula is C18H16ClNO4. The molecule has 2 N–H and O–H groups in total. The number of carbonyl (C=O) groups is 2. The quantitative estimate of drug-likeness (QED) is 0.473. The smallest absolute Gasteiger partial charge is 0.354 e. The van der Waals surface area contributed by atoms with Crippen LogP contribution in [0.2, 0.25) is 5.02 Å². The Morgan fingerprint density at radius 2 is 1.92 bits per heavy atom. The van der Waals surface area contributed by atoms with Gasteiger partial charge in [-0.3, -0.25) is 4.79 Å². The largest absolute Gasteiger partial charge is 0.508 e. The number of benzene rings is 2. The summed E-state index contributed by atoms with van der Waals surface area (Å²) in [5.41, 5.74) is 0.819. The molecule has 124 valence electrons. The first kappa shape index (κ1) is 17.6. The van der Waals surface area contributed by atoms with Crippen LogP contribution in [-0.2, 0) is 9.53 Å². The molecule has 0 amide bonds. The fraction of sp³-hybridized carbons (Fsp3) is 0.111. The third-order valence-electron chi connectivity index (χ3n) is 3.02. The van der Waals surface area contributed by atoms with Gasteiger partial charge in [0.1, 0.15) is 11.4 Å². The molecule has 0 aliphatic carbocycles. The predicted octanol–water partition coefficient (Wildman–Crippen LogP) is 3.79. The molecule has 0 aliphatic rings. The summed E-state index contributed by atoms with van der Waals surface area (Å²) >= 11 is 5.80. The van der Waals surface area contributed by atoms with Gasteiger partial charge in [0, 0.05) is 28.4 Å². The fourth-order valence-corrected chi connectivity index (χ4v) is 2.05. The number of nitrogens with one attached hydrogen (secondary N) is 1. The lowest BCUT2D eigenvalue weighted by atomic mass is 10.1. The number of aromatic hydroxyl groups is 1. The molecule has 0 aliphatic heterocycles. The number of phenolic OH excluding ortho intramolecular Hbond substituents is 1. The standard InChI is InChI=1S/C18H16ClNO4/c1-2-24-18(23)16(20-14-4-3-5-15(21)10-14)11-17(22)12-6-8-13(19)9-7-12/h3-11,20-21H,2H2,1H3/b16-11+. The van der Waals surface area contributed by atoms with Crippen LogP contribution in [-0.4, -0.2) is 23.5 Å². The maximum absolute atomic E-state index is 12.3. The Balaban J connectivity index is 2.29. The molecule has 2 aromatic carbocycles. The van der Waals surface area contributed by atoms with E-state index in [0.717, 1.165) is 6.08 Å². The van der Waals surface area contributed by atoms with Crippen LogP contribution in [0, 0.1) is 0 Å². The van der Waals surface area contributed by atoms with Gasteiger partial charge < -0.3 is 15.2 Å². The summed E-state index contributed by atoms with van der Waals surface area (Å²) in [4.78, 5) is 24.4. The molecule has 0 heterocycles. The van der Waals surface area contributed by atoms with Gasteiger partial charge in [-0.15, -0.1) is 0 Å². The van der Waals surface area contributed by atoms with Crippen LogP contribution in [0.3, 0.4) is 0 Å². The summed E-state index contributed by atoms with van der Waals surface area (Å²) < 4.78 is 4.96. The Morgan fingerprint density at radius 3 is 2.54 bits per heavy atom. The molecule has 0 saturated heterocycles. The van der Waals surface area contributed by atoms with Crippen LogP contribution in [0.4, 0.5) is 5.69 Å². The van der Waals surface area contributed by atoms with Crippen molar-refractivity contribution in [1.82, 2.24) is 0 Å². The van der Waals surface area contributed by atoms with E-state index < -0.39 is 5.97 Å². The summed E-state index contributed by atoms with van der Waals surface area (Å²) in [5.74, 6) is -1.00. The minimum absolute atomic E-state index is 0.0256. The highest BCUT2D eigenvalue weighted by molar-refractivity contribution is 6.30. The van der Waals surface area contributed by atoms with Crippen LogP contribution in [0.5, 0.6) is 5.75 Å². The van der Waals surface area contributed by atoms with Gasteiger partial charge in [0.15, 0.2) is 5.78 Å². The number of phenols is 1. The van der Waals surface area contributed by atoms with E-state index in [1.165, 1.54) is 12.1 Å². The maximum atomic E-state index is 12.3. The highest BCUT2D eigenvalue weighted by Gasteiger charge is 2.14. The van der Waals surface area contributed by atoms with Crippen molar-refractivity contribution in [1.29, 1.82) is 0 Å². The van der Waals surface area contributed by atoms with Crippen molar-refractivity contribution in [3.05, 3.63) is 70.9 Å². The highest BCUT2D eigenvalue weighted by atomic mass is 35.5. The zero-order chi connectivity index (χ0) is 17.5. The predicted molar refractivity (Wildman–Crippen MR) is 92.2 cm³/mol. The minimum Gasteiger partial charge on any atom is -0.508 e. The van der Waals surface area contributed by atoms with E-state index >= 15 is 0 Å². The molecule has 2 aromatic rings. The van der Waals surface area contributed by atoms with Crippen molar-refractivity contribution in [2.24, 2.45) is 0 Å². The molecule has 0 saturated carbocycles. The first-order valence-corrected chi connectivity index (χ1v) is 7.62. The van der Waals surface area contributed by atoms with E-state index in [1.54, 1.807) is 43.3 Å². The first-order valence-electron chi connectivity index (χ1n) is 7.24. The number of ether oxygens (including phenoxy) is 1. The molecule has 24 heavy (non-hydrogen) atoms. The third kappa shape index (κ3) is 4.86. The number of rotatable bonds is 6. The summed E-state index contributed by atoms with van der Waals surface area (Å²) in [6.07, 6.45) is 1.16. The molecule has 6 heteroatoms. The zero-order valence-corrected chi connectivity index (χ0v) is 13.7. The summed E-state index contributed by atoms with van der Waals surface area (Å²) in [7, 11) is 0. The van der Waals surface area contributed by atoms with E-state index in [-0.39, 0.29) is 23.8 Å². The van der Waals surface area contributed by atoms with E-state index in [1.807, 2.05) is 0 Å². The van der Waals surface area contributed by atoms with Gasteiger partial charge >= 0.3 is 5.97 Å².